The van der Waals surface area contributed by atoms with E-state index in [2.05, 4.69) is 55.4 Å². The molecule has 2 unspecified atom stereocenters. The highest BCUT2D eigenvalue weighted by Crippen LogP contribution is 2.45. The molecule has 0 spiro atoms. The van der Waals surface area contributed by atoms with Crippen LogP contribution in [0.15, 0.2) is 0 Å². The molecule has 0 radical (unpaired) electrons. The molecule has 0 aromatic rings. The number of carbonyl (C=O) groups is 4. The Morgan fingerprint density at radius 3 is 0.705 bits per heavy atom. The van der Waals surface area contributed by atoms with E-state index in [1.165, 1.54) is 128 Å². The lowest BCUT2D eigenvalue weighted by molar-refractivity contribution is -0.161. The SMILES string of the molecule is CC(C)CCCCCCCCCCCCCCCCC(=O)O[C@H](COC(=O)CCCCCCCCC(C)C)COP(=O)(O)OC[C@H](O)COP(=O)(O)OC[C@@H](COC(=O)CCCCCCCCC(C)C)OC(=O)CCCCCCCCCCCCC(C)C. The lowest BCUT2D eigenvalue weighted by atomic mass is 10.0. The number of phosphoric acid groups is 2. The van der Waals surface area contributed by atoms with E-state index in [1.54, 1.807) is 0 Å². The van der Waals surface area contributed by atoms with Crippen LogP contribution in [0.4, 0.5) is 0 Å². The maximum absolute atomic E-state index is 13.0. The highest BCUT2D eigenvalue weighted by Gasteiger charge is 2.30. The average molecular weight is 1300 g/mol. The molecule has 0 rings (SSSR count). The van der Waals surface area contributed by atoms with Gasteiger partial charge < -0.3 is 33.8 Å². The fourth-order valence-corrected chi connectivity index (χ4v) is 11.9. The molecule has 88 heavy (non-hydrogen) atoms. The molecule has 17 nitrogen and oxygen atoms in total. The molecule has 0 aliphatic heterocycles. The van der Waals surface area contributed by atoms with E-state index in [1.807, 2.05) is 0 Å². The predicted molar refractivity (Wildman–Crippen MR) is 354 cm³/mol. The van der Waals surface area contributed by atoms with E-state index in [0.29, 0.717) is 37.5 Å². The smallest absolute Gasteiger partial charge is 0.462 e. The minimum atomic E-state index is -4.95. The van der Waals surface area contributed by atoms with E-state index in [0.717, 1.165) is 115 Å². The Morgan fingerprint density at radius 2 is 0.477 bits per heavy atom. The van der Waals surface area contributed by atoms with Crippen molar-refractivity contribution in [1.82, 2.24) is 0 Å². The van der Waals surface area contributed by atoms with Crippen molar-refractivity contribution in [2.24, 2.45) is 23.7 Å². The van der Waals surface area contributed by atoms with E-state index in [9.17, 15) is 43.2 Å². The van der Waals surface area contributed by atoms with Gasteiger partial charge in [-0.3, -0.25) is 37.3 Å². The highest BCUT2D eigenvalue weighted by atomic mass is 31.2. The maximum Gasteiger partial charge on any atom is 0.472 e. The standard InChI is InChI=1S/C69H134O17P2/c1-59(2)45-37-29-21-17-13-11-9-10-12-14-19-23-35-43-51-68(73)85-64(55-79-66(71)49-41-33-27-25-31-39-47-61(5)6)57-83-87(75,76)81-53-63(70)54-82-88(77,78)84-58-65(56-80-67(72)50-42-34-28-26-32-40-48-62(7)8)86-69(74)52-44-36-24-20-16-15-18-22-30-38-46-60(3)4/h59-65,70H,9-58H2,1-8H3,(H,75,76)(H,77,78)/t63-,64+,65+/m0/s1. The molecule has 0 heterocycles. The van der Waals surface area contributed by atoms with Gasteiger partial charge in [0.2, 0.25) is 0 Å². The number of aliphatic hydroxyl groups excluding tert-OH is 1. The number of phosphoric ester groups is 2. The third kappa shape index (κ3) is 62.8. The Hall–Kier alpha value is -1.94. The monoisotopic (exact) mass is 1300 g/mol. The second-order valence-corrected chi connectivity index (χ2v) is 29.7. The van der Waals surface area contributed by atoms with Gasteiger partial charge in [-0.1, -0.05) is 287 Å². The Kier molecular flexibility index (Phi) is 57.6. The van der Waals surface area contributed by atoms with Crippen molar-refractivity contribution in [3.05, 3.63) is 0 Å². The molecule has 0 aromatic carbocycles. The van der Waals surface area contributed by atoms with Gasteiger partial charge in [-0.15, -0.1) is 0 Å². The van der Waals surface area contributed by atoms with Gasteiger partial charge in [-0.2, -0.15) is 0 Å². The van der Waals surface area contributed by atoms with Crippen LogP contribution in [-0.2, 0) is 65.4 Å². The summed E-state index contributed by atoms with van der Waals surface area (Å²) in [5.74, 6) is 0.771. The van der Waals surface area contributed by atoms with Crippen LogP contribution in [0.1, 0.15) is 338 Å². The second-order valence-electron chi connectivity index (χ2n) is 26.8. The molecule has 0 aliphatic rings. The van der Waals surface area contributed by atoms with Gasteiger partial charge in [-0.25, -0.2) is 9.13 Å². The van der Waals surface area contributed by atoms with Crippen LogP contribution in [-0.4, -0.2) is 96.7 Å². The number of ether oxygens (including phenoxy) is 4. The fourth-order valence-electron chi connectivity index (χ4n) is 10.3. The van der Waals surface area contributed by atoms with Crippen LogP contribution < -0.4 is 0 Å². The molecule has 0 amide bonds. The summed E-state index contributed by atoms with van der Waals surface area (Å²) in [5.41, 5.74) is 0. The number of aliphatic hydroxyl groups is 1. The first kappa shape index (κ1) is 86.1. The topological polar surface area (TPSA) is 237 Å². The lowest BCUT2D eigenvalue weighted by Gasteiger charge is -2.21. The molecule has 0 aromatic heterocycles. The van der Waals surface area contributed by atoms with Crippen molar-refractivity contribution in [1.29, 1.82) is 0 Å². The van der Waals surface area contributed by atoms with Crippen molar-refractivity contribution in [3.63, 3.8) is 0 Å². The molecule has 3 N–H and O–H groups in total. The lowest BCUT2D eigenvalue weighted by Crippen LogP contribution is -2.30. The normalized spacial score (nSPS) is 14.3. The van der Waals surface area contributed by atoms with Crippen molar-refractivity contribution >= 4 is 39.5 Å². The van der Waals surface area contributed by atoms with Crippen molar-refractivity contribution < 1.29 is 80.2 Å². The Labute approximate surface area is 537 Å². The number of unbranched alkanes of at least 4 members (excludes halogenated alkanes) is 32. The van der Waals surface area contributed by atoms with Crippen LogP contribution in [0, 0.1) is 23.7 Å². The maximum atomic E-state index is 13.0. The Morgan fingerprint density at radius 1 is 0.284 bits per heavy atom. The van der Waals surface area contributed by atoms with Gasteiger partial charge in [-0.05, 0) is 49.4 Å². The van der Waals surface area contributed by atoms with Crippen LogP contribution in [0.3, 0.4) is 0 Å². The minimum Gasteiger partial charge on any atom is -0.462 e. The first-order valence-electron chi connectivity index (χ1n) is 35.7. The van der Waals surface area contributed by atoms with Gasteiger partial charge in [0.25, 0.3) is 0 Å². The largest absolute Gasteiger partial charge is 0.472 e. The van der Waals surface area contributed by atoms with Crippen molar-refractivity contribution in [3.8, 4) is 0 Å². The van der Waals surface area contributed by atoms with Crippen molar-refractivity contribution in [2.45, 2.75) is 356 Å². The summed E-state index contributed by atoms with van der Waals surface area (Å²) in [6, 6.07) is 0. The molecule has 5 atom stereocenters. The van der Waals surface area contributed by atoms with Crippen LogP contribution >= 0.6 is 15.6 Å². The minimum absolute atomic E-state index is 0.104. The summed E-state index contributed by atoms with van der Waals surface area (Å²) in [4.78, 5) is 72.4. The zero-order valence-corrected chi connectivity index (χ0v) is 59.1. The predicted octanol–water partition coefficient (Wildman–Crippen LogP) is 19.3. The molecular formula is C69H134O17P2. The highest BCUT2D eigenvalue weighted by molar-refractivity contribution is 7.47. The van der Waals surface area contributed by atoms with E-state index >= 15 is 0 Å². The first-order chi connectivity index (χ1) is 42.1. The number of hydrogen-bond acceptors (Lipinski definition) is 15. The molecule has 0 saturated carbocycles. The number of rotatable bonds is 66. The number of esters is 4. The summed E-state index contributed by atoms with van der Waals surface area (Å²) in [5, 5.41) is 10.6. The van der Waals surface area contributed by atoms with E-state index < -0.39 is 97.5 Å². The molecule has 0 fully saturated rings. The Balaban J connectivity index is 5.21. The van der Waals surface area contributed by atoms with Crippen molar-refractivity contribution in [2.75, 3.05) is 39.6 Å². The zero-order valence-electron chi connectivity index (χ0n) is 57.3. The quantitative estimate of drug-likeness (QED) is 0.0222. The summed E-state index contributed by atoms with van der Waals surface area (Å²) < 4.78 is 68.2. The molecule has 0 aliphatic carbocycles. The summed E-state index contributed by atoms with van der Waals surface area (Å²) in [7, 11) is -9.90. The van der Waals surface area contributed by atoms with Crippen LogP contribution in [0.5, 0.6) is 0 Å². The molecule has 522 valence electrons. The van der Waals surface area contributed by atoms with Gasteiger partial charge in [0, 0.05) is 25.7 Å². The van der Waals surface area contributed by atoms with Gasteiger partial charge in [0.15, 0.2) is 12.2 Å². The molecule has 0 bridgehead atoms. The number of hydrogen-bond donors (Lipinski definition) is 3. The van der Waals surface area contributed by atoms with E-state index in [-0.39, 0.29) is 25.7 Å². The van der Waals surface area contributed by atoms with Crippen LogP contribution in [0.25, 0.3) is 0 Å². The van der Waals surface area contributed by atoms with E-state index in [4.69, 9.17) is 37.0 Å². The van der Waals surface area contributed by atoms with Gasteiger partial charge in [0.05, 0.1) is 26.4 Å². The second kappa shape index (κ2) is 58.8. The molecule has 19 heteroatoms. The average Bonchev–Trinajstić information content (AvgIpc) is 3.66. The summed E-state index contributed by atoms with van der Waals surface area (Å²) in [6.45, 7) is 14.0. The fraction of sp³-hybridized carbons (Fsp3) is 0.942. The first-order valence-corrected chi connectivity index (χ1v) is 38.7. The van der Waals surface area contributed by atoms with Gasteiger partial charge in [0.1, 0.15) is 19.3 Å². The molecule has 0 saturated heterocycles. The summed E-state index contributed by atoms with van der Waals surface area (Å²) in [6.07, 6.45) is 40.6. The summed E-state index contributed by atoms with van der Waals surface area (Å²) >= 11 is 0. The van der Waals surface area contributed by atoms with Gasteiger partial charge >= 0.3 is 39.5 Å². The number of carbonyl (C=O) groups excluding carboxylic acids is 4. The molecular weight excluding hydrogens is 1160 g/mol. The zero-order chi connectivity index (χ0) is 65.4. The van der Waals surface area contributed by atoms with Crippen LogP contribution in [0.2, 0.25) is 0 Å². The third-order valence-electron chi connectivity index (χ3n) is 15.8. The Bertz CT molecular complexity index is 1750. The third-order valence-corrected chi connectivity index (χ3v) is 17.7.